The third kappa shape index (κ3) is 3.37. The molecule has 2 aliphatic rings. The molecule has 0 spiro atoms. The van der Waals surface area contributed by atoms with E-state index in [2.05, 4.69) is 50.2 Å². The predicted molar refractivity (Wildman–Crippen MR) is 101 cm³/mol. The number of amidine groups is 1. The van der Waals surface area contributed by atoms with Crippen molar-refractivity contribution in [2.75, 3.05) is 13.1 Å². The molecule has 26 heavy (non-hydrogen) atoms. The molecular weight excluding hydrogens is 330 g/mol. The largest absolute Gasteiger partial charge is 0.360 e. The number of hydrogen-bond acceptors (Lipinski definition) is 6. The Morgan fingerprint density at radius 3 is 2.73 bits per heavy atom. The second-order valence-corrected chi connectivity index (χ2v) is 8.13. The Bertz CT molecular complexity index is 694. The highest BCUT2D eigenvalue weighted by Crippen LogP contribution is 2.32. The monoisotopic (exact) mass is 361 g/mol. The van der Waals surface area contributed by atoms with E-state index in [1.807, 2.05) is 17.9 Å². The maximum absolute atomic E-state index is 13.4. The Balaban J connectivity index is 1.84. The summed E-state index contributed by atoms with van der Waals surface area (Å²) in [7, 11) is 0. The second-order valence-electron chi connectivity index (χ2n) is 8.13. The van der Waals surface area contributed by atoms with Crippen molar-refractivity contribution in [3.8, 4) is 0 Å². The minimum Gasteiger partial charge on any atom is -0.360 e. The summed E-state index contributed by atoms with van der Waals surface area (Å²) in [5, 5.41) is 6.09. The van der Waals surface area contributed by atoms with E-state index in [-0.39, 0.29) is 29.4 Å². The van der Waals surface area contributed by atoms with Crippen LogP contribution in [0.4, 0.5) is 0 Å². The summed E-state index contributed by atoms with van der Waals surface area (Å²) in [5.41, 5.74) is 3.94. The molecule has 0 bridgehead atoms. The number of amides is 1. The highest BCUT2D eigenvalue weighted by molar-refractivity contribution is 5.94. The Hall–Kier alpha value is -1.89. The molecule has 1 aromatic heterocycles. The summed E-state index contributed by atoms with van der Waals surface area (Å²) < 4.78 is 5.45. The fraction of sp³-hybridized carbons (Fsp3) is 0.737. The lowest BCUT2D eigenvalue weighted by molar-refractivity contribution is -0.134. The van der Waals surface area contributed by atoms with Crippen LogP contribution < -0.4 is 5.43 Å². The van der Waals surface area contributed by atoms with Crippen LogP contribution in [0, 0.1) is 12.8 Å². The highest BCUT2D eigenvalue weighted by atomic mass is 16.5. The van der Waals surface area contributed by atoms with Crippen molar-refractivity contribution in [2.45, 2.75) is 72.0 Å². The van der Waals surface area contributed by atoms with E-state index in [0.717, 1.165) is 37.5 Å². The Morgan fingerprint density at radius 1 is 1.46 bits per heavy atom. The lowest BCUT2D eigenvalue weighted by Gasteiger charge is -2.30. The average Bonchev–Trinajstić information content (AvgIpc) is 3.25. The van der Waals surface area contributed by atoms with E-state index < -0.39 is 0 Å². The summed E-state index contributed by atoms with van der Waals surface area (Å²) >= 11 is 0. The quantitative estimate of drug-likeness (QED) is 0.873. The normalized spacial score (nSPS) is 24.0. The van der Waals surface area contributed by atoms with Gasteiger partial charge in [0.1, 0.15) is 23.2 Å². The van der Waals surface area contributed by atoms with E-state index in [1.165, 1.54) is 0 Å². The van der Waals surface area contributed by atoms with Crippen LogP contribution in [0.1, 0.15) is 64.8 Å². The average molecular weight is 361 g/mol. The maximum atomic E-state index is 13.4. The molecule has 7 nitrogen and oxygen atoms in total. The molecule has 7 heteroatoms. The van der Waals surface area contributed by atoms with E-state index in [4.69, 9.17) is 9.52 Å². The van der Waals surface area contributed by atoms with Crippen molar-refractivity contribution < 1.29 is 9.32 Å². The number of aromatic nitrogens is 1. The van der Waals surface area contributed by atoms with Gasteiger partial charge in [0.05, 0.1) is 11.7 Å². The topological polar surface area (TPSA) is 74.0 Å². The Kier molecular flexibility index (Phi) is 5.10. The van der Waals surface area contributed by atoms with Crippen LogP contribution >= 0.6 is 0 Å². The van der Waals surface area contributed by atoms with Gasteiger partial charge in [-0.05, 0) is 39.5 Å². The number of likely N-dealkylation sites (tertiary alicyclic amines) is 1. The third-order valence-electron chi connectivity index (χ3n) is 5.36. The molecule has 0 aromatic carbocycles. The molecule has 144 valence electrons. The predicted octanol–water partition coefficient (Wildman–Crippen LogP) is 2.69. The third-order valence-corrected chi connectivity index (χ3v) is 5.36. The summed E-state index contributed by atoms with van der Waals surface area (Å²) in [4.78, 5) is 20.3. The molecule has 2 atom stereocenters. The number of aryl methyl sites for hydroxylation is 1. The van der Waals surface area contributed by atoms with Gasteiger partial charge in [-0.1, -0.05) is 25.9 Å². The molecule has 0 saturated carbocycles. The number of rotatable bonds is 5. The van der Waals surface area contributed by atoms with Crippen LogP contribution in [0.3, 0.4) is 0 Å². The molecule has 1 fully saturated rings. The van der Waals surface area contributed by atoms with Crippen molar-refractivity contribution in [1.29, 1.82) is 0 Å². The van der Waals surface area contributed by atoms with Gasteiger partial charge in [-0.25, -0.2) is 4.99 Å². The summed E-state index contributed by atoms with van der Waals surface area (Å²) in [5.74, 6) is 1.49. The van der Waals surface area contributed by atoms with Gasteiger partial charge in [0.15, 0.2) is 0 Å². The lowest BCUT2D eigenvalue weighted by Crippen LogP contribution is -2.51. The van der Waals surface area contributed by atoms with Gasteiger partial charge in [0.2, 0.25) is 5.91 Å². The molecule has 0 radical (unpaired) electrons. The first kappa shape index (κ1) is 18.9. The number of nitrogens with one attached hydrogen (secondary N) is 1. The smallest absolute Gasteiger partial charge is 0.234 e. The number of nitrogens with zero attached hydrogens (tertiary/aromatic N) is 4. The van der Waals surface area contributed by atoms with Crippen molar-refractivity contribution >= 4 is 11.7 Å². The molecule has 3 rings (SSSR count). The molecule has 3 heterocycles. The number of carbonyl (C=O) groups is 1. The molecule has 1 N–H and O–H groups in total. The number of hydrogen-bond donors (Lipinski definition) is 1. The zero-order valence-corrected chi connectivity index (χ0v) is 16.7. The van der Waals surface area contributed by atoms with Crippen LogP contribution in [-0.4, -0.2) is 51.6 Å². The summed E-state index contributed by atoms with van der Waals surface area (Å²) in [6.45, 7) is 13.9. The van der Waals surface area contributed by atoms with Gasteiger partial charge in [0.25, 0.3) is 0 Å². The number of aliphatic imine (C=N–C) groups is 1. The standard InChI is InChI=1S/C19H31N5O2/c1-7-24-19(5,6)20-17(21-24)14-9-8-10-23(14)18(25)16(12(2)3)15-11-13(4)22-26-15/h11-12,14,16H,7-10H2,1-6H3,(H,20,21). The van der Waals surface area contributed by atoms with Crippen LogP contribution in [0.2, 0.25) is 0 Å². The molecule has 1 saturated heterocycles. The van der Waals surface area contributed by atoms with Gasteiger partial charge in [-0.3, -0.25) is 4.79 Å². The summed E-state index contributed by atoms with van der Waals surface area (Å²) in [6, 6.07) is 1.88. The van der Waals surface area contributed by atoms with Gasteiger partial charge in [-0.15, -0.1) is 0 Å². The molecule has 1 amide bonds. The fourth-order valence-electron chi connectivity index (χ4n) is 4.03. The first-order valence-electron chi connectivity index (χ1n) is 9.62. The van der Waals surface area contributed by atoms with Crippen molar-refractivity contribution in [3.05, 3.63) is 17.5 Å². The van der Waals surface area contributed by atoms with Gasteiger partial charge >= 0.3 is 0 Å². The number of hydrazine groups is 1. The Labute approximate surface area is 155 Å². The molecule has 2 unspecified atom stereocenters. The van der Waals surface area contributed by atoms with Crippen molar-refractivity contribution in [2.24, 2.45) is 10.9 Å². The van der Waals surface area contributed by atoms with Crippen LogP contribution in [0.5, 0.6) is 0 Å². The molecule has 2 aliphatic heterocycles. The van der Waals surface area contributed by atoms with E-state index in [0.29, 0.717) is 5.76 Å². The second kappa shape index (κ2) is 7.02. The minimum atomic E-state index is -0.311. The first-order chi connectivity index (χ1) is 12.2. The van der Waals surface area contributed by atoms with E-state index in [1.54, 1.807) is 0 Å². The van der Waals surface area contributed by atoms with Crippen molar-refractivity contribution in [1.82, 2.24) is 20.5 Å². The minimum absolute atomic E-state index is 0.00333. The fourth-order valence-corrected chi connectivity index (χ4v) is 4.03. The molecular formula is C19H31N5O2. The molecule has 1 aromatic rings. The zero-order valence-electron chi connectivity index (χ0n) is 16.7. The molecule has 0 aliphatic carbocycles. The zero-order chi connectivity index (χ0) is 19.1. The van der Waals surface area contributed by atoms with Crippen LogP contribution in [0.15, 0.2) is 15.6 Å². The Morgan fingerprint density at radius 2 is 2.19 bits per heavy atom. The highest BCUT2D eigenvalue weighted by Gasteiger charge is 2.43. The lowest BCUT2D eigenvalue weighted by atomic mass is 9.91. The van der Waals surface area contributed by atoms with Crippen LogP contribution in [0.25, 0.3) is 0 Å². The summed E-state index contributed by atoms with van der Waals surface area (Å²) in [6.07, 6.45) is 1.93. The SMILES string of the molecule is CCN1NC(C2CCCN2C(=O)C(c2cc(C)no2)C(C)C)=NC1(C)C. The van der Waals surface area contributed by atoms with Gasteiger partial charge in [0, 0.05) is 19.2 Å². The van der Waals surface area contributed by atoms with Crippen LogP contribution in [-0.2, 0) is 4.79 Å². The van der Waals surface area contributed by atoms with E-state index >= 15 is 0 Å². The van der Waals surface area contributed by atoms with Gasteiger partial charge < -0.3 is 14.8 Å². The van der Waals surface area contributed by atoms with Crippen molar-refractivity contribution in [3.63, 3.8) is 0 Å². The maximum Gasteiger partial charge on any atom is 0.234 e. The first-order valence-corrected chi connectivity index (χ1v) is 9.62. The van der Waals surface area contributed by atoms with Gasteiger partial charge in [-0.2, -0.15) is 5.01 Å². The number of carbonyl (C=O) groups excluding carboxylic acids is 1. The van der Waals surface area contributed by atoms with E-state index in [9.17, 15) is 4.79 Å².